The van der Waals surface area contributed by atoms with Crippen LogP contribution in [0, 0.1) is 13.8 Å². The molecule has 29 heavy (non-hydrogen) atoms. The van der Waals surface area contributed by atoms with Crippen LogP contribution in [-0.2, 0) is 9.53 Å². The molecule has 1 aliphatic heterocycles. The Hall–Kier alpha value is -2.79. The maximum absolute atomic E-state index is 11.6. The first-order chi connectivity index (χ1) is 14.0. The van der Waals surface area contributed by atoms with Crippen molar-refractivity contribution in [1.82, 2.24) is 9.97 Å². The van der Waals surface area contributed by atoms with Gasteiger partial charge in [-0.2, -0.15) is 0 Å². The summed E-state index contributed by atoms with van der Waals surface area (Å²) in [6.45, 7) is 6.13. The van der Waals surface area contributed by atoms with E-state index in [-0.39, 0.29) is 12.1 Å². The molecule has 0 aliphatic carbocycles. The first-order valence-electron chi connectivity index (χ1n) is 9.72. The van der Waals surface area contributed by atoms with Crippen LogP contribution in [0.15, 0.2) is 65.3 Å². The van der Waals surface area contributed by atoms with Gasteiger partial charge in [-0.25, -0.2) is 9.78 Å². The summed E-state index contributed by atoms with van der Waals surface area (Å²) in [5.74, 6) is 0.421. The van der Waals surface area contributed by atoms with E-state index in [4.69, 9.17) is 9.72 Å². The molecule has 1 aromatic heterocycles. The molecular weight excluding hydrogens is 380 g/mol. The van der Waals surface area contributed by atoms with Gasteiger partial charge in [0.1, 0.15) is 6.10 Å². The van der Waals surface area contributed by atoms with Crippen molar-refractivity contribution in [2.75, 3.05) is 5.75 Å². The Morgan fingerprint density at radius 2 is 1.62 bits per heavy atom. The van der Waals surface area contributed by atoms with Crippen molar-refractivity contribution in [3.05, 3.63) is 71.3 Å². The van der Waals surface area contributed by atoms with E-state index in [1.165, 1.54) is 11.1 Å². The van der Waals surface area contributed by atoms with Gasteiger partial charge in [-0.1, -0.05) is 77.0 Å². The van der Waals surface area contributed by atoms with Crippen LogP contribution in [0.4, 0.5) is 0 Å². The Labute approximate surface area is 175 Å². The number of carbonyl (C=O) groups is 1. The number of cyclic esters (lactones) is 1. The number of hydrogen-bond acceptors (Lipinski definition) is 4. The lowest BCUT2D eigenvalue weighted by Gasteiger charge is -2.20. The number of esters is 1. The van der Waals surface area contributed by atoms with E-state index >= 15 is 0 Å². The Morgan fingerprint density at radius 3 is 2.24 bits per heavy atom. The van der Waals surface area contributed by atoms with Gasteiger partial charge in [0.25, 0.3) is 0 Å². The molecule has 0 spiro atoms. The minimum atomic E-state index is -0.250. The van der Waals surface area contributed by atoms with E-state index in [0.717, 1.165) is 39.7 Å². The molecule has 4 nitrogen and oxygen atoms in total. The predicted octanol–water partition coefficient (Wildman–Crippen LogP) is 5.71. The summed E-state index contributed by atoms with van der Waals surface area (Å²) >= 11 is 1.59. The van der Waals surface area contributed by atoms with Crippen molar-refractivity contribution >= 4 is 17.7 Å². The molecule has 1 aliphatic rings. The Kier molecular flexibility index (Phi) is 5.58. The normalized spacial score (nSPS) is 16.4. The number of aromatic nitrogens is 2. The average molecular weight is 405 g/mol. The topological polar surface area (TPSA) is 55.0 Å². The minimum absolute atomic E-state index is 0.117. The van der Waals surface area contributed by atoms with E-state index in [1.807, 2.05) is 6.92 Å². The van der Waals surface area contributed by atoms with Crippen molar-refractivity contribution in [3.8, 4) is 22.5 Å². The summed E-state index contributed by atoms with van der Waals surface area (Å²) < 4.78 is 5.43. The van der Waals surface area contributed by atoms with Gasteiger partial charge in [0.2, 0.25) is 0 Å². The summed E-state index contributed by atoms with van der Waals surface area (Å²) in [5, 5.41) is 0.833. The number of carbonyl (C=O) groups excluding carboxylic acids is 1. The number of aromatic amines is 1. The lowest BCUT2D eigenvalue weighted by atomic mass is 10.0. The zero-order valence-electron chi connectivity index (χ0n) is 16.9. The fourth-order valence-corrected chi connectivity index (χ4v) is 4.25. The second kappa shape index (κ2) is 8.29. The number of thioether (sulfide) groups is 1. The van der Waals surface area contributed by atoms with Gasteiger partial charge in [-0.3, -0.25) is 0 Å². The number of ether oxygens (including phenoxy) is 1. The van der Waals surface area contributed by atoms with Crippen molar-refractivity contribution in [3.63, 3.8) is 0 Å². The van der Waals surface area contributed by atoms with Crippen LogP contribution >= 0.6 is 11.8 Å². The highest BCUT2D eigenvalue weighted by molar-refractivity contribution is 7.99. The summed E-state index contributed by atoms with van der Waals surface area (Å²) in [5.41, 5.74) is 7.64. The van der Waals surface area contributed by atoms with Gasteiger partial charge >= 0.3 is 5.97 Å². The summed E-state index contributed by atoms with van der Waals surface area (Å²) in [7, 11) is 0. The van der Waals surface area contributed by atoms with E-state index < -0.39 is 0 Å². The number of benzene rings is 2. The molecule has 2 aromatic carbocycles. The number of imidazole rings is 1. The second-order valence-electron chi connectivity index (χ2n) is 7.56. The maximum atomic E-state index is 11.6. The molecule has 0 saturated carbocycles. The molecular formula is C24H24N2O2S. The van der Waals surface area contributed by atoms with Gasteiger partial charge in [-0.05, 0) is 20.8 Å². The number of aryl methyl sites for hydroxylation is 2. The van der Waals surface area contributed by atoms with Crippen LogP contribution in [0.5, 0.6) is 0 Å². The van der Waals surface area contributed by atoms with Gasteiger partial charge in [0.15, 0.2) is 5.16 Å². The Morgan fingerprint density at radius 1 is 1.00 bits per heavy atom. The Bertz CT molecular complexity index is 986. The first kappa shape index (κ1) is 19.5. The van der Waals surface area contributed by atoms with Gasteiger partial charge in [0, 0.05) is 29.4 Å². The zero-order chi connectivity index (χ0) is 20.4. The lowest BCUT2D eigenvalue weighted by Crippen LogP contribution is -2.24. The summed E-state index contributed by atoms with van der Waals surface area (Å²) in [6.07, 6.45) is 2.22. The van der Waals surface area contributed by atoms with Crippen molar-refractivity contribution in [2.24, 2.45) is 0 Å². The summed E-state index contributed by atoms with van der Waals surface area (Å²) in [4.78, 5) is 20.0. The van der Waals surface area contributed by atoms with Crippen LogP contribution in [0.3, 0.4) is 0 Å². The van der Waals surface area contributed by atoms with Crippen molar-refractivity contribution in [2.45, 2.75) is 38.5 Å². The van der Waals surface area contributed by atoms with Crippen LogP contribution in [-0.4, -0.2) is 27.8 Å². The number of rotatable bonds is 5. The SMILES string of the molecule is CC1=CC(=O)O[C@H](CSc2nc(-c3ccc(C)cc3)c(-c3ccc(C)cc3)[nH]2)C1. The van der Waals surface area contributed by atoms with E-state index in [0.29, 0.717) is 5.75 Å². The van der Waals surface area contributed by atoms with Gasteiger partial charge < -0.3 is 9.72 Å². The highest BCUT2D eigenvalue weighted by Crippen LogP contribution is 2.34. The fraction of sp³-hybridized carbons (Fsp3) is 0.250. The molecule has 0 bridgehead atoms. The van der Waals surface area contributed by atoms with Crippen LogP contribution in [0.1, 0.15) is 24.5 Å². The van der Waals surface area contributed by atoms with E-state index in [1.54, 1.807) is 17.8 Å². The van der Waals surface area contributed by atoms with Crippen LogP contribution in [0.2, 0.25) is 0 Å². The van der Waals surface area contributed by atoms with Crippen molar-refractivity contribution < 1.29 is 9.53 Å². The third-order valence-corrected chi connectivity index (χ3v) is 5.96. The maximum Gasteiger partial charge on any atom is 0.331 e. The monoisotopic (exact) mass is 404 g/mol. The standard InChI is InChI=1S/C24H24N2O2S/c1-15-4-8-18(9-5-15)22-23(19-10-6-16(2)7-11-19)26-24(25-22)29-14-20-12-17(3)13-21(27)28-20/h4-11,13,20H,12,14H2,1-3H3,(H,25,26)/t20-/m0/s1. The average Bonchev–Trinajstić information content (AvgIpc) is 3.11. The first-order valence-corrected chi connectivity index (χ1v) is 10.7. The zero-order valence-corrected chi connectivity index (χ0v) is 17.7. The number of nitrogens with one attached hydrogen (secondary N) is 1. The molecule has 3 aromatic rings. The van der Waals surface area contributed by atoms with Crippen LogP contribution in [0.25, 0.3) is 22.5 Å². The fourth-order valence-electron chi connectivity index (χ4n) is 3.39. The molecule has 4 rings (SSSR count). The summed E-state index contributed by atoms with van der Waals surface area (Å²) in [6, 6.07) is 16.9. The molecule has 0 saturated heterocycles. The molecule has 5 heteroatoms. The van der Waals surface area contributed by atoms with Crippen molar-refractivity contribution in [1.29, 1.82) is 0 Å². The largest absolute Gasteiger partial charge is 0.458 e. The predicted molar refractivity (Wildman–Crippen MR) is 118 cm³/mol. The third kappa shape index (κ3) is 4.62. The van der Waals surface area contributed by atoms with Gasteiger partial charge in [0.05, 0.1) is 11.4 Å². The molecule has 0 unspecified atom stereocenters. The molecule has 0 fully saturated rings. The molecule has 2 heterocycles. The number of nitrogens with zero attached hydrogens (tertiary/aromatic N) is 1. The third-order valence-electron chi connectivity index (χ3n) is 4.95. The Balaban J connectivity index is 1.62. The highest BCUT2D eigenvalue weighted by Gasteiger charge is 2.21. The second-order valence-corrected chi connectivity index (χ2v) is 8.57. The molecule has 148 valence electrons. The molecule has 0 radical (unpaired) electrons. The quantitative estimate of drug-likeness (QED) is 0.437. The van der Waals surface area contributed by atoms with E-state index in [2.05, 4.69) is 67.4 Å². The molecule has 0 amide bonds. The number of H-pyrrole nitrogens is 1. The van der Waals surface area contributed by atoms with E-state index in [9.17, 15) is 4.79 Å². The van der Waals surface area contributed by atoms with Gasteiger partial charge in [-0.15, -0.1) is 0 Å². The highest BCUT2D eigenvalue weighted by atomic mass is 32.2. The molecule has 1 atom stereocenters. The minimum Gasteiger partial charge on any atom is -0.458 e. The van der Waals surface area contributed by atoms with Crippen LogP contribution < -0.4 is 0 Å². The smallest absolute Gasteiger partial charge is 0.331 e. The molecule has 1 N–H and O–H groups in total. The lowest BCUT2D eigenvalue weighted by molar-refractivity contribution is -0.143. The number of hydrogen-bond donors (Lipinski definition) is 1.